The van der Waals surface area contributed by atoms with E-state index < -0.39 is 14.5 Å². The highest BCUT2D eigenvalue weighted by Gasteiger charge is 2.33. The summed E-state index contributed by atoms with van der Waals surface area (Å²) in [6.07, 6.45) is 1.90. The molecule has 0 heterocycles. The maximum Gasteiger partial charge on any atom is 0.337 e. The van der Waals surface area contributed by atoms with E-state index in [1.807, 2.05) is 12.1 Å². The number of aryl methyl sites for hydroxylation is 1. The average Bonchev–Trinajstić information content (AvgIpc) is 2.44. The largest absolute Gasteiger partial charge is 0.478 e. The summed E-state index contributed by atoms with van der Waals surface area (Å²) in [6.45, 7) is 2.13. The number of carbonyl (C=O) groups is 1. The minimum atomic E-state index is -2.08. The van der Waals surface area contributed by atoms with Crippen molar-refractivity contribution in [1.82, 2.24) is 0 Å². The third kappa shape index (κ3) is 4.45. The van der Waals surface area contributed by atoms with E-state index in [0.29, 0.717) is 5.56 Å². The SMILES string of the molecule is CCC[Si](CCc1ccc(C(=O)O)cc1)(OC)OC. The number of aromatic carboxylic acids is 1. The van der Waals surface area contributed by atoms with Gasteiger partial charge >= 0.3 is 14.5 Å². The maximum absolute atomic E-state index is 10.8. The zero-order chi connectivity index (χ0) is 14.3. The molecule has 5 heteroatoms. The van der Waals surface area contributed by atoms with Gasteiger partial charge in [0.1, 0.15) is 0 Å². The number of carboxylic acid groups (broad SMARTS) is 1. The van der Waals surface area contributed by atoms with Crippen LogP contribution in [0.3, 0.4) is 0 Å². The molecule has 0 amide bonds. The lowest BCUT2D eigenvalue weighted by Crippen LogP contribution is -2.40. The van der Waals surface area contributed by atoms with Crippen molar-refractivity contribution in [2.45, 2.75) is 31.9 Å². The molecule has 0 spiro atoms. The summed E-state index contributed by atoms with van der Waals surface area (Å²) in [4.78, 5) is 10.8. The van der Waals surface area contributed by atoms with Crippen molar-refractivity contribution in [2.75, 3.05) is 14.2 Å². The van der Waals surface area contributed by atoms with Crippen molar-refractivity contribution in [2.24, 2.45) is 0 Å². The lowest BCUT2D eigenvalue weighted by Gasteiger charge is -2.27. The van der Waals surface area contributed by atoms with Crippen molar-refractivity contribution in [3.8, 4) is 0 Å². The van der Waals surface area contributed by atoms with Gasteiger partial charge in [-0.3, -0.25) is 0 Å². The minimum absolute atomic E-state index is 0.319. The van der Waals surface area contributed by atoms with Gasteiger partial charge in [-0.05, 0) is 36.2 Å². The Balaban J connectivity index is 2.66. The highest BCUT2D eigenvalue weighted by molar-refractivity contribution is 6.67. The molecule has 1 rings (SSSR count). The first-order chi connectivity index (χ1) is 9.06. The zero-order valence-electron chi connectivity index (χ0n) is 11.8. The molecule has 1 N–H and O–H groups in total. The smallest absolute Gasteiger partial charge is 0.337 e. The lowest BCUT2D eigenvalue weighted by molar-refractivity contribution is 0.0697. The molecule has 0 aliphatic heterocycles. The predicted octanol–water partition coefficient (Wildman–Crippen LogP) is 3.07. The van der Waals surface area contributed by atoms with Crippen LogP contribution in [0.4, 0.5) is 0 Å². The van der Waals surface area contributed by atoms with E-state index in [4.69, 9.17) is 14.0 Å². The molecule has 0 bridgehead atoms. The first kappa shape index (κ1) is 15.9. The molecule has 0 unspecified atom stereocenters. The van der Waals surface area contributed by atoms with Crippen molar-refractivity contribution in [3.05, 3.63) is 35.4 Å². The molecular formula is C14H22O4Si. The van der Waals surface area contributed by atoms with Crippen molar-refractivity contribution in [1.29, 1.82) is 0 Å². The number of benzene rings is 1. The Morgan fingerprint density at radius 1 is 1.16 bits per heavy atom. The van der Waals surface area contributed by atoms with Gasteiger partial charge in [0.2, 0.25) is 0 Å². The highest BCUT2D eigenvalue weighted by Crippen LogP contribution is 2.22. The zero-order valence-corrected chi connectivity index (χ0v) is 12.8. The summed E-state index contributed by atoms with van der Waals surface area (Å²) in [5.74, 6) is -0.893. The Bertz CT molecular complexity index is 398. The number of rotatable bonds is 8. The molecule has 1 aromatic rings. The minimum Gasteiger partial charge on any atom is -0.478 e. The molecule has 0 aliphatic rings. The molecule has 0 radical (unpaired) electrons. The third-order valence-corrected chi connectivity index (χ3v) is 7.13. The summed E-state index contributed by atoms with van der Waals surface area (Å²) in [6, 6.07) is 8.87. The Labute approximate surface area is 115 Å². The second-order valence-corrected chi connectivity index (χ2v) is 8.21. The highest BCUT2D eigenvalue weighted by atomic mass is 28.4. The van der Waals surface area contributed by atoms with Gasteiger partial charge in [0.15, 0.2) is 0 Å². The van der Waals surface area contributed by atoms with Crippen LogP contribution in [0.2, 0.25) is 12.1 Å². The molecule has 1 aromatic carbocycles. The van der Waals surface area contributed by atoms with Crippen LogP contribution in [0.15, 0.2) is 24.3 Å². The van der Waals surface area contributed by atoms with E-state index in [0.717, 1.165) is 30.5 Å². The number of hydrogen-bond donors (Lipinski definition) is 1. The monoisotopic (exact) mass is 282 g/mol. The van der Waals surface area contributed by atoms with Gasteiger partial charge in [0.25, 0.3) is 0 Å². The first-order valence-corrected chi connectivity index (χ1v) is 8.72. The standard InChI is InChI=1S/C14H22O4Si/c1-4-10-19(17-2,18-3)11-9-12-5-7-13(8-6-12)14(15)16/h5-8H,4,9-11H2,1-3H3,(H,15,16). The fourth-order valence-corrected chi connectivity index (χ4v) is 4.81. The molecule has 0 saturated heterocycles. The van der Waals surface area contributed by atoms with Crippen LogP contribution >= 0.6 is 0 Å². The topological polar surface area (TPSA) is 55.8 Å². The predicted molar refractivity (Wildman–Crippen MR) is 76.8 cm³/mol. The van der Waals surface area contributed by atoms with E-state index in [9.17, 15) is 4.79 Å². The molecule has 4 nitrogen and oxygen atoms in total. The van der Waals surface area contributed by atoms with Gasteiger partial charge in [-0.1, -0.05) is 25.5 Å². The summed E-state index contributed by atoms with van der Waals surface area (Å²) < 4.78 is 11.3. The fraction of sp³-hybridized carbons (Fsp3) is 0.500. The van der Waals surface area contributed by atoms with Crippen molar-refractivity contribution >= 4 is 14.5 Å². The second-order valence-electron chi connectivity index (χ2n) is 4.57. The Kier molecular flexibility index (Phi) is 6.21. The molecule has 0 atom stereocenters. The van der Waals surface area contributed by atoms with Crippen molar-refractivity contribution in [3.63, 3.8) is 0 Å². The quantitative estimate of drug-likeness (QED) is 0.744. The van der Waals surface area contributed by atoms with Gasteiger partial charge in [-0.25, -0.2) is 4.79 Å². The maximum atomic E-state index is 10.8. The Morgan fingerprint density at radius 2 is 1.74 bits per heavy atom. The summed E-state index contributed by atoms with van der Waals surface area (Å²) >= 11 is 0. The van der Waals surface area contributed by atoms with Gasteiger partial charge in [0.05, 0.1) is 5.56 Å². The van der Waals surface area contributed by atoms with Crippen LogP contribution in [0.25, 0.3) is 0 Å². The molecule has 0 aliphatic carbocycles. The average molecular weight is 282 g/mol. The van der Waals surface area contributed by atoms with E-state index in [-0.39, 0.29) is 0 Å². The fourth-order valence-electron chi connectivity index (χ4n) is 2.15. The normalized spacial score (nSPS) is 11.5. The van der Waals surface area contributed by atoms with Gasteiger partial charge in [-0.2, -0.15) is 0 Å². The molecule has 0 saturated carbocycles. The Morgan fingerprint density at radius 3 is 2.16 bits per heavy atom. The summed E-state index contributed by atoms with van der Waals surface area (Å²) in [7, 11) is 1.36. The molecular weight excluding hydrogens is 260 g/mol. The van der Waals surface area contributed by atoms with Crippen LogP contribution in [-0.4, -0.2) is 33.9 Å². The van der Waals surface area contributed by atoms with Crippen LogP contribution in [-0.2, 0) is 15.3 Å². The van der Waals surface area contributed by atoms with Crippen LogP contribution in [0.5, 0.6) is 0 Å². The first-order valence-electron chi connectivity index (χ1n) is 6.49. The van der Waals surface area contributed by atoms with E-state index >= 15 is 0 Å². The van der Waals surface area contributed by atoms with Crippen molar-refractivity contribution < 1.29 is 18.8 Å². The second kappa shape index (κ2) is 7.42. The van der Waals surface area contributed by atoms with Crippen LogP contribution in [0.1, 0.15) is 29.3 Å². The summed E-state index contributed by atoms with van der Waals surface area (Å²) in [5, 5.41) is 8.85. The molecule has 106 valence electrons. The van der Waals surface area contributed by atoms with Gasteiger partial charge in [-0.15, -0.1) is 0 Å². The van der Waals surface area contributed by atoms with Gasteiger partial charge in [0, 0.05) is 14.2 Å². The van der Waals surface area contributed by atoms with Crippen LogP contribution < -0.4 is 0 Å². The van der Waals surface area contributed by atoms with Crippen LogP contribution in [0, 0.1) is 0 Å². The number of carboxylic acids is 1. The Hall–Kier alpha value is -1.17. The van der Waals surface area contributed by atoms with E-state index in [1.165, 1.54) is 0 Å². The molecule has 19 heavy (non-hydrogen) atoms. The number of hydrogen-bond acceptors (Lipinski definition) is 3. The van der Waals surface area contributed by atoms with E-state index in [2.05, 4.69) is 6.92 Å². The lowest BCUT2D eigenvalue weighted by atomic mass is 10.1. The molecule has 0 aromatic heterocycles. The third-order valence-electron chi connectivity index (χ3n) is 3.37. The summed E-state index contributed by atoms with van der Waals surface area (Å²) in [5.41, 5.74) is 1.44. The van der Waals surface area contributed by atoms with E-state index in [1.54, 1.807) is 26.4 Å². The molecule has 0 fully saturated rings. The van der Waals surface area contributed by atoms with Gasteiger partial charge < -0.3 is 14.0 Å².